The molecule has 0 fully saturated rings. The Kier molecular flexibility index (Phi) is 4.13. The van der Waals surface area contributed by atoms with Crippen LogP contribution in [0.4, 0.5) is 0 Å². The molecule has 3 aromatic heterocycles. The Labute approximate surface area is 143 Å². The predicted molar refractivity (Wildman–Crippen MR) is 91.4 cm³/mol. The third-order valence-electron chi connectivity index (χ3n) is 4.21. The average molecular weight is 339 g/mol. The quantitative estimate of drug-likeness (QED) is 0.792. The molecule has 1 N–H and O–H groups in total. The molecule has 24 heavy (non-hydrogen) atoms. The van der Waals surface area contributed by atoms with E-state index < -0.39 is 0 Å². The summed E-state index contributed by atoms with van der Waals surface area (Å²) in [5.41, 5.74) is 2.02. The van der Waals surface area contributed by atoms with Crippen LogP contribution in [0.3, 0.4) is 0 Å². The number of nitrogens with zero attached hydrogens (tertiary/aromatic N) is 2. The van der Waals surface area contributed by atoms with E-state index in [0.29, 0.717) is 6.54 Å². The van der Waals surface area contributed by atoms with Gasteiger partial charge in [0.05, 0.1) is 24.2 Å². The number of carbonyl (C=O) groups is 1. The fourth-order valence-corrected chi connectivity index (χ4v) is 4.09. The maximum atomic E-state index is 12.4. The van der Waals surface area contributed by atoms with Crippen LogP contribution in [0, 0.1) is 5.92 Å². The number of amides is 1. The summed E-state index contributed by atoms with van der Waals surface area (Å²) in [6.07, 6.45) is 5.83. The summed E-state index contributed by atoms with van der Waals surface area (Å²) in [5.74, 6) is 0.865. The predicted octanol–water partition coefficient (Wildman–Crippen LogP) is 3.22. The van der Waals surface area contributed by atoms with Crippen LogP contribution in [0.2, 0.25) is 0 Å². The Hall–Kier alpha value is -2.47. The van der Waals surface area contributed by atoms with E-state index >= 15 is 0 Å². The van der Waals surface area contributed by atoms with Crippen LogP contribution in [0.5, 0.6) is 0 Å². The number of rotatable bonds is 4. The Bertz CT molecular complexity index is 827. The smallest absolute Gasteiger partial charge is 0.223 e. The first-order valence-corrected chi connectivity index (χ1v) is 8.81. The second-order valence-electron chi connectivity index (χ2n) is 5.84. The Morgan fingerprint density at radius 1 is 1.33 bits per heavy atom. The van der Waals surface area contributed by atoms with Gasteiger partial charge in [0.1, 0.15) is 10.8 Å². The van der Waals surface area contributed by atoms with Gasteiger partial charge in [-0.25, -0.2) is 4.98 Å². The van der Waals surface area contributed by atoms with Crippen molar-refractivity contribution in [3.63, 3.8) is 0 Å². The number of furan rings is 1. The molecule has 0 aliphatic heterocycles. The van der Waals surface area contributed by atoms with Crippen molar-refractivity contribution in [2.24, 2.45) is 5.92 Å². The van der Waals surface area contributed by atoms with Gasteiger partial charge >= 0.3 is 0 Å². The van der Waals surface area contributed by atoms with E-state index in [1.54, 1.807) is 23.8 Å². The highest BCUT2D eigenvalue weighted by Gasteiger charge is 2.27. The molecule has 0 saturated heterocycles. The molecular formula is C18H17N3O2S. The zero-order chi connectivity index (χ0) is 16.4. The summed E-state index contributed by atoms with van der Waals surface area (Å²) < 4.78 is 5.25. The minimum Gasteiger partial charge on any atom is -0.467 e. The van der Waals surface area contributed by atoms with Crippen LogP contribution in [-0.4, -0.2) is 15.9 Å². The molecule has 0 bridgehead atoms. The lowest BCUT2D eigenvalue weighted by Crippen LogP contribution is -2.33. The van der Waals surface area contributed by atoms with E-state index in [1.165, 1.54) is 4.88 Å². The maximum Gasteiger partial charge on any atom is 0.223 e. The van der Waals surface area contributed by atoms with Crippen LogP contribution in [-0.2, 0) is 24.2 Å². The second-order valence-corrected chi connectivity index (χ2v) is 6.92. The standard InChI is InChI=1S/C18H17N3O2S/c22-17(20-11-13-4-3-9-23-13)12-6-7-14-16(10-12)24-18(21-14)15-5-1-2-8-19-15/h1-5,8-9,12H,6-7,10-11H2,(H,20,22). The van der Waals surface area contributed by atoms with Crippen molar-refractivity contribution in [3.8, 4) is 10.7 Å². The lowest BCUT2D eigenvalue weighted by molar-refractivity contribution is -0.125. The molecule has 6 heteroatoms. The number of aryl methyl sites for hydroxylation is 1. The van der Waals surface area contributed by atoms with Crippen molar-refractivity contribution < 1.29 is 9.21 Å². The highest BCUT2D eigenvalue weighted by molar-refractivity contribution is 7.15. The summed E-state index contributed by atoms with van der Waals surface area (Å²) in [6.45, 7) is 0.442. The lowest BCUT2D eigenvalue weighted by Gasteiger charge is -2.20. The first kappa shape index (κ1) is 15.1. The molecule has 0 spiro atoms. The summed E-state index contributed by atoms with van der Waals surface area (Å²) >= 11 is 1.65. The number of pyridine rings is 1. The van der Waals surface area contributed by atoms with Crippen LogP contribution < -0.4 is 5.32 Å². The fraction of sp³-hybridized carbons (Fsp3) is 0.278. The number of thiazole rings is 1. The number of aromatic nitrogens is 2. The summed E-state index contributed by atoms with van der Waals surface area (Å²) in [6, 6.07) is 9.52. The molecule has 5 nitrogen and oxygen atoms in total. The Morgan fingerprint density at radius 3 is 3.08 bits per heavy atom. The van der Waals surface area contributed by atoms with Gasteiger partial charge in [-0.15, -0.1) is 11.3 Å². The van der Waals surface area contributed by atoms with Crippen LogP contribution >= 0.6 is 11.3 Å². The number of hydrogen-bond donors (Lipinski definition) is 1. The van der Waals surface area contributed by atoms with E-state index in [9.17, 15) is 4.79 Å². The molecule has 3 heterocycles. The van der Waals surface area contributed by atoms with Crippen LogP contribution in [0.25, 0.3) is 10.7 Å². The van der Waals surface area contributed by atoms with E-state index in [1.807, 2.05) is 30.3 Å². The normalized spacial score (nSPS) is 16.6. The van der Waals surface area contributed by atoms with Gasteiger partial charge in [-0.05, 0) is 43.5 Å². The maximum absolute atomic E-state index is 12.4. The number of carbonyl (C=O) groups excluding carboxylic acids is 1. The van der Waals surface area contributed by atoms with Crippen LogP contribution in [0.15, 0.2) is 47.2 Å². The summed E-state index contributed by atoms with van der Waals surface area (Å²) in [4.78, 5) is 22.7. The van der Waals surface area contributed by atoms with E-state index in [2.05, 4.69) is 10.3 Å². The molecule has 1 aliphatic carbocycles. The monoisotopic (exact) mass is 339 g/mol. The zero-order valence-corrected chi connectivity index (χ0v) is 13.9. The summed E-state index contributed by atoms with van der Waals surface area (Å²) in [5, 5.41) is 3.91. The van der Waals surface area contributed by atoms with Gasteiger partial charge in [0.25, 0.3) is 0 Å². The molecule has 4 rings (SSSR count). The van der Waals surface area contributed by atoms with Gasteiger partial charge in [-0.1, -0.05) is 6.07 Å². The SMILES string of the molecule is O=C(NCc1ccco1)C1CCc2nc(-c3ccccn3)sc2C1. The third-order valence-corrected chi connectivity index (χ3v) is 5.35. The second kappa shape index (κ2) is 6.57. The van der Waals surface area contributed by atoms with Crippen molar-refractivity contribution in [1.82, 2.24) is 15.3 Å². The fourth-order valence-electron chi connectivity index (χ4n) is 2.93. The molecule has 1 aliphatic rings. The highest BCUT2D eigenvalue weighted by Crippen LogP contribution is 2.34. The van der Waals surface area contributed by atoms with Crippen molar-refractivity contribution in [2.75, 3.05) is 0 Å². The van der Waals surface area contributed by atoms with Gasteiger partial charge < -0.3 is 9.73 Å². The first-order valence-electron chi connectivity index (χ1n) is 7.99. The summed E-state index contributed by atoms with van der Waals surface area (Å²) in [7, 11) is 0. The molecular weight excluding hydrogens is 322 g/mol. The number of hydrogen-bond acceptors (Lipinski definition) is 5. The minimum atomic E-state index is 0.00416. The first-order chi connectivity index (χ1) is 11.8. The topological polar surface area (TPSA) is 68.0 Å². The van der Waals surface area contributed by atoms with E-state index in [-0.39, 0.29) is 11.8 Å². The zero-order valence-electron chi connectivity index (χ0n) is 13.1. The van der Waals surface area contributed by atoms with Crippen molar-refractivity contribution >= 4 is 17.2 Å². The van der Waals surface area contributed by atoms with Gasteiger partial charge in [-0.2, -0.15) is 0 Å². The van der Waals surface area contributed by atoms with Gasteiger partial charge in [0.2, 0.25) is 5.91 Å². The Morgan fingerprint density at radius 2 is 2.29 bits per heavy atom. The number of nitrogens with one attached hydrogen (secondary N) is 1. The van der Waals surface area contributed by atoms with E-state index in [0.717, 1.165) is 41.4 Å². The highest BCUT2D eigenvalue weighted by atomic mass is 32.1. The molecule has 0 radical (unpaired) electrons. The van der Waals surface area contributed by atoms with Crippen molar-refractivity contribution in [1.29, 1.82) is 0 Å². The molecule has 1 atom stereocenters. The molecule has 1 unspecified atom stereocenters. The Balaban J connectivity index is 1.44. The molecule has 0 saturated carbocycles. The number of fused-ring (bicyclic) bond motifs is 1. The molecule has 0 aromatic carbocycles. The molecule has 1 amide bonds. The molecule has 3 aromatic rings. The van der Waals surface area contributed by atoms with Gasteiger partial charge in [0, 0.05) is 17.0 Å². The van der Waals surface area contributed by atoms with Gasteiger partial charge in [-0.3, -0.25) is 9.78 Å². The third kappa shape index (κ3) is 3.10. The van der Waals surface area contributed by atoms with Crippen LogP contribution in [0.1, 0.15) is 22.8 Å². The lowest BCUT2D eigenvalue weighted by atomic mass is 9.90. The van der Waals surface area contributed by atoms with Crippen molar-refractivity contribution in [2.45, 2.75) is 25.8 Å². The van der Waals surface area contributed by atoms with E-state index in [4.69, 9.17) is 9.40 Å². The average Bonchev–Trinajstić information content (AvgIpc) is 3.29. The van der Waals surface area contributed by atoms with Crippen molar-refractivity contribution in [3.05, 3.63) is 59.1 Å². The van der Waals surface area contributed by atoms with Gasteiger partial charge in [0.15, 0.2) is 0 Å². The molecule has 122 valence electrons. The largest absolute Gasteiger partial charge is 0.467 e. The minimum absolute atomic E-state index is 0.00416.